The molecule has 11 rings (SSSR count). The van der Waals surface area contributed by atoms with E-state index in [4.69, 9.17) is 4.98 Å². The lowest BCUT2D eigenvalue weighted by Gasteiger charge is -2.32. The van der Waals surface area contributed by atoms with Gasteiger partial charge in [-0.2, -0.15) is 0 Å². The van der Waals surface area contributed by atoms with Gasteiger partial charge in [0, 0.05) is 22.0 Å². The molecule has 254 valence electrons. The zero-order chi connectivity index (χ0) is 35.6. The van der Waals surface area contributed by atoms with E-state index in [-0.39, 0.29) is 6.29 Å². The second-order valence-corrected chi connectivity index (χ2v) is 14.1. The Balaban J connectivity index is 1.14. The summed E-state index contributed by atoms with van der Waals surface area (Å²) in [5.74, 6) is 0.967. The minimum absolute atomic E-state index is 0.248. The van der Waals surface area contributed by atoms with E-state index in [0.717, 1.165) is 39.1 Å². The Kier molecular flexibility index (Phi) is 6.89. The molecule has 0 bridgehead atoms. The number of rotatable bonds is 5. The maximum atomic E-state index is 5.20. The molecule has 8 aromatic carbocycles. The normalized spacial score (nSPS) is 13.5. The molecule has 0 radical (unpaired) electrons. The van der Waals surface area contributed by atoms with Crippen LogP contribution in [-0.4, -0.2) is 14.1 Å². The smallest absolute Gasteiger partial charge is 0.188 e. The number of imidazole rings is 1. The zero-order valence-electron chi connectivity index (χ0n) is 29.4. The minimum atomic E-state index is -0.248. The summed E-state index contributed by atoms with van der Waals surface area (Å²) in [7, 11) is 0. The molecule has 1 N–H and O–H groups in total. The molecular weight excluding hydrogens is 657 g/mol. The monoisotopic (exact) mass is 690 g/mol. The highest BCUT2D eigenvalue weighted by atomic mass is 15.4. The van der Waals surface area contributed by atoms with Gasteiger partial charge in [-0.3, -0.25) is 4.57 Å². The van der Waals surface area contributed by atoms with Gasteiger partial charge in [0.1, 0.15) is 5.82 Å². The van der Waals surface area contributed by atoms with Crippen molar-refractivity contribution in [2.45, 2.75) is 6.29 Å². The Hall–Kier alpha value is -7.17. The molecule has 0 spiro atoms. The quantitative estimate of drug-likeness (QED) is 0.195. The summed E-state index contributed by atoms with van der Waals surface area (Å²) < 4.78 is 4.83. The van der Waals surface area contributed by atoms with Gasteiger partial charge in [-0.1, -0.05) is 133 Å². The number of hydrogen-bond acceptors (Lipinski definition) is 2. The Morgan fingerprint density at radius 2 is 0.852 bits per heavy atom. The number of hydrogen-bond donors (Lipinski definition) is 1. The molecule has 0 saturated carbocycles. The third-order valence-corrected chi connectivity index (χ3v) is 10.9. The van der Waals surface area contributed by atoms with Crippen LogP contribution in [0.2, 0.25) is 0 Å². The minimum Gasteiger partial charge on any atom is -0.347 e. The molecule has 0 aliphatic carbocycles. The fourth-order valence-corrected chi connectivity index (χ4v) is 8.36. The summed E-state index contributed by atoms with van der Waals surface area (Å²) in [6, 6.07) is 69.9. The Labute approximate surface area is 313 Å². The van der Waals surface area contributed by atoms with Crippen molar-refractivity contribution in [2.75, 3.05) is 5.32 Å². The van der Waals surface area contributed by atoms with Gasteiger partial charge in [0.2, 0.25) is 0 Å². The van der Waals surface area contributed by atoms with Crippen LogP contribution in [0.4, 0.5) is 5.69 Å². The molecular formula is C50H34N4. The molecule has 1 aliphatic rings. The van der Waals surface area contributed by atoms with E-state index >= 15 is 0 Å². The number of nitrogens with one attached hydrogen (secondary N) is 1. The number of aromatic nitrogens is 3. The highest BCUT2D eigenvalue weighted by molar-refractivity contribution is 6.11. The summed E-state index contributed by atoms with van der Waals surface area (Å²) in [5.41, 5.74) is 16.2. The zero-order valence-corrected chi connectivity index (χ0v) is 29.4. The van der Waals surface area contributed by atoms with Crippen molar-refractivity contribution in [1.29, 1.82) is 0 Å². The van der Waals surface area contributed by atoms with Crippen molar-refractivity contribution < 1.29 is 0 Å². The molecule has 0 saturated heterocycles. The van der Waals surface area contributed by atoms with Crippen molar-refractivity contribution >= 4 is 38.5 Å². The van der Waals surface area contributed by atoms with E-state index in [2.05, 4.69) is 209 Å². The number of anilines is 1. The average Bonchev–Trinajstić information content (AvgIpc) is 3.80. The summed E-state index contributed by atoms with van der Waals surface area (Å²) in [6.45, 7) is 0. The molecule has 10 aromatic rings. The predicted octanol–water partition coefficient (Wildman–Crippen LogP) is 12.9. The first kappa shape index (κ1) is 30.5. The average molecular weight is 691 g/mol. The first-order chi connectivity index (χ1) is 26.8. The number of para-hydroxylation sites is 3. The van der Waals surface area contributed by atoms with Gasteiger partial charge < -0.3 is 9.88 Å². The molecule has 1 aliphatic heterocycles. The van der Waals surface area contributed by atoms with Crippen molar-refractivity contribution in [1.82, 2.24) is 14.1 Å². The molecule has 3 heterocycles. The number of nitrogens with zero attached hydrogens (tertiary/aromatic N) is 3. The van der Waals surface area contributed by atoms with Gasteiger partial charge in [-0.05, 0) is 105 Å². The molecule has 4 heteroatoms. The second kappa shape index (κ2) is 12.2. The van der Waals surface area contributed by atoms with Crippen LogP contribution in [0.5, 0.6) is 0 Å². The van der Waals surface area contributed by atoms with E-state index in [1.807, 2.05) is 0 Å². The van der Waals surface area contributed by atoms with Gasteiger partial charge in [0.15, 0.2) is 6.29 Å². The second-order valence-electron chi connectivity index (χ2n) is 14.1. The predicted molar refractivity (Wildman–Crippen MR) is 224 cm³/mol. The third-order valence-electron chi connectivity index (χ3n) is 10.9. The van der Waals surface area contributed by atoms with Crippen LogP contribution in [0, 0.1) is 0 Å². The maximum Gasteiger partial charge on any atom is 0.188 e. The molecule has 0 fully saturated rings. The summed E-state index contributed by atoms with van der Waals surface area (Å²) in [5, 5.41) is 6.37. The fraction of sp³-hybridized carbons (Fsp3) is 0.0200. The maximum absolute atomic E-state index is 5.20. The number of fused-ring (bicyclic) bond motifs is 8. The molecule has 1 unspecified atom stereocenters. The Morgan fingerprint density at radius 1 is 0.370 bits per heavy atom. The van der Waals surface area contributed by atoms with Crippen LogP contribution in [0.15, 0.2) is 194 Å². The lowest BCUT2D eigenvalue weighted by atomic mass is 9.96. The molecule has 4 nitrogen and oxygen atoms in total. The Morgan fingerprint density at radius 3 is 1.46 bits per heavy atom. The van der Waals surface area contributed by atoms with E-state index in [1.165, 1.54) is 55.3 Å². The summed E-state index contributed by atoms with van der Waals surface area (Å²) in [4.78, 5) is 5.20. The van der Waals surface area contributed by atoms with Crippen molar-refractivity contribution in [3.05, 3.63) is 194 Å². The summed E-state index contributed by atoms with van der Waals surface area (Å²) >= 11 is 0. The highest BCUT2D eigenvalue weighted by Crippen LogP contribution is 2.44. The van der Waals surface area contributed by atoms with E-state index < -0.39 is 0 Å². The van der Waals surface area contributed by atoms with Crippen LogP contribution in [-0.2, 0) is 0 Å². The van der Waals surface area contributed by atoms with Crippen molar-refractivity contribution in [3.63, 3.8) is 0 Å². The van der Waals surface area contributed by atoms with E-state index in [1.54, 1.807) is 0 Å². The lowest BCUT2D eigenvalue weighted by molar-refractivity contribution is 0.520. The first-order valence-corrected chi connectivity index (χ1v) is 18.5. The van der Waals surface area contributed by atoms with Gasteiger partial charge in [-0.15, -0.1) is 0 Å². The molecule has 1 atom stereocenters. The first-order valence-electron chi connectivity index (χ1n) is 18.5. The topological polar surface area (TPSA) is 34.8 Å². The van der Waals surface area contributed by atoms with Crippen molar-refractivity contribution in [3.8, 4) is 55.9 Å². The van der Waals surface area contributed by atoms with Crippen molar-refractivity contribution in [2.24, 2.45) is 0 Å². The van der Waals surface area contributed by atoms with Crippen LogP contribution < -0.4 is 5.32 Å². The lowest BCUT2D eigenvalue weighted by Crippen LogP contribution is -2.29. The van der Waals surface area contributed by atoms with Gasteiger partial charge in [0.05, 0.1) is 22.1 Å². The number of benzene rings is 8. The van der Waals surface area contributed by atoms with E-state index in [0.29, 0.717) is 0 Å². The highest BCUT2D eigenvalue weighted by Gasteiger charge is 2.30. The van der Waals surface area contributed by atoms with Gasteiger partial charge >= 0.3 is 0 Å². The van der Waals surface area contributed by atoms with E-state index in [9.17, 15) is 0 Å². The van der Waals surface area contributed by atoms with Crippen LogP contribution >= 0.6 is 0 Å². The fourth-order valence-electron chi connectivity index (χ4n) is 8.36. The summed E-state index contributed by atoms with van der Waals surface area (Å²) in [6.07, 6.45) is -0.248. The molecule has 0 amide bonds. The molecule has 2 aromatic heterocycles. The van der Waals surface area contributed by atoms with Crippen LogP contribution in [0.3, 0.4) is 0 Å². The standard InChI is InChI=1S/C50H34N4/c1-3-13-33(14-4-1)35-17-11-19-37(29-35)39-25-27-46-42(31-39)43-32-40(38-20-12-18-36(30-38)34-15-5-2-6-16-34)26-28-47(43)53(46)50-52-44-22-8-7-21-41(44)49-51-45-23-9-10-24-48(45)54(49)50/h1-32,50,52H. The molecule has 54 heavy (non-hydrogen) atoms. The SMILES string of the molecule is c1ccc(-c2cccc(-c3ccc4c(c3)c3cc(-c5cccc(-c6ccccc6)c5)ccc3n4C3Nc4ccccc4-c4nc5ccccc5n43)c2)cc1. The van der Waals surface area contributed by atoms with Gasteiger partial charge in [0.25, 0.3) is 0 Å². The third kappa shape index (κ3) is 4.88. The van der Waals surface area contributed by atoms with Gasteiger partial charge in [-0.25, -0.2) is 4.98 Å². The van der Waals surface area contributed by atoms with Crippen LogP contribution in [0.1, 0.15) is 6.29 Å². The Bertz CT molecular complexity index is 2890. The largest absolute Gasteiger partial charge is 0.347 e. The van der Waals surface area contributed by atoms with Crippen LogP contribution in [0.25, 0.3) is 88.7 Å².